The maximum atomic E-state index is 5.71. The van der Waals surface area contributed by atoms with E-state index in [0.29, 0.717) is 18.4 Å². The number of nitrogens with one attached hydrogen (secondary N) is 1. The van der Waals surface area contributed by atoms with Crippen LogP contribution in [0.2, 0.25) is 0 Å². The number of hydrogen-bond acceptors (Lipinski definition) is 4. The fraction of sp³-hybridized carbons (Fsp3) is 0.571. The van der Waals surface area contributed by atoms with E-state index in [2.05, 4.69) is 49.2 Å². The van der Waals surface area contributed by atoms with Gasteiger partial charge in [0.2, 0.25) is 0 Å². The Balaban J connectivity index is 2.32. The summed E-state index contributed by atoms with van der Waals surface area (Å²) in [5.41, 5.74) is 7.80. The van der Waals surface area contributed by atoms with Crippen LogP contribution in [0.1, 0.15) is 39.3 Å². The van der Waals surface area contributed by atoms with Gasteiger partial charge in [-0.05, 0) is 31.4 Å². The Hall–Kier alpha value is -1.62. The van der Waals surface area contributed by atoms with Gasteiger partial charge in [-0.2, -0.15) is 5.10 Å². The van der Waals surface area contributed by atoms with Gasteiger partial charge in [0.05, 0.1) is 5.69 Å². The van der Waals surface area contributed by atoms with Gasteiger partial charge in [0.1, 0.15) is 5.52 Å². The lowest BCUT2D eigenvalue weighted by Gasteiger charge is -2.20. The Morgan fingerprint density at radius 1 is 1.32 bits per heavy atom. The zero-order chi connectivity index (χ0) is 14.0. The van der Waals surface area contributed by atoms with Gasteiger partial charge in [-0.25, -0.2) is 9.50 Å². The quantitative estimate of drug-likeness (QED) is 0.866. The summed E-state index contributed by atoms with van der Waals surface area (Å²) in [4.78, 5) is 4.42. The van der Waals surface area contributed by atoms with Crippen molar-refractivity contribution in [2.24, 2.45) is 11.7 Å². The summed E-state index contributed by atoms with van der Waals surface area (Å²) in [6.07, 6.45) is 3.65. The van der Waals surface area contributed by atoms with Gasteiger partial charge in [0, 0.05) is 18.4 Å². The molecule has 2 atom stereocenters. The number of hydrogen-bond donors (Lipinski definition) is 2. The Morgan fingerprint density at radius 3 is 2.68 bits per heavy atom. The minimum absolute atomic E-state index is 0.279. The maximum absolute atomic E-state index is 5.71. The molecule has 0 aliphatic rings. The maximum Gasteiger partial charge on any atom is 0.152 e. The molecule has 3 N–H and O–H groups in total. The predicted octanol–water partition coefficient (Wildman–Crippen LogP) is 2.25. The van der Waals surface area contributed by atoms with Crippen LogP contribution in [0.25, 0.3) is 5.52 Å². The second-order valence-corrected chi connectivity index (χ2v) is 5.48. The average Bonchev–Trinajstić information content (AvgIpc) is 2.83. The lowest BCUT2D eigenvalue weighted by Crippen LogP contribution is -2.29. The molecule has 0 fully saturated rings. The van der Waals surface area contributed by atoms with Crippen LogP contribution in [-0.2, 0) is 0 Å². The van der Waals surface area contributed by atoms with E-state index in [-0.39, 0.29) is 6.04 Å². The molecule has 0 saturated heterocycles. The highest BCUT2D eigenvalue weighted by Gasteiger charge is 2.14. The molecule has 0 amide bonds. The van der Waals surface area contributed by atoms with Crippen molar-refractivity contribution in [1.82, 2.24) is 14.6 Å². The Morgan fingerprint density at radius 2 is 2.05 bits per heavy atom. The summed E-state index contributed by atoms with van der Waals surface area (Å²) >= 11 is 0. The molecule has 5 nitrogen and oxygen atoms in total. The molecule has 0 aromatic carbocycles. The molecule has 0 aliphatic heterocycles. The first-order valence-electron chi connectivity index (χ1n) is 6.83. The van der Waals surface area contributed by atoms with E-state index in [1.54, 1.807) is 6.20 Å². The third-order valence-corrected chi connectivity index (χ3v) is 3.59. The summed E-state index contributed by atoms with van der Waals surface area (Å²) in [5.74, 6) is 1.68. The first kappa shape index (κ1) is 13.8. The van der Waals surface area contributed by atoms with Crippen molar-refractivity contribution in [2.75, 3.05) is 11.9 Å². The monoisotopic (exact) mass is 261 g/mol. The Bertz CT molecular complexity index is 546. The van der Waals surface area contributed by atoms with Crippen LogP contribution < -0.4 is 11.1 Å². The standard InChI is InChI=1S/C14H23N5/c1-9(2)12-7-13-14(16-5-6-19(13)18-12)17-11(4)10(3)8-15/h5-7,9-11H,8,15H2,1-4H3,(H,16,17). The van der Waals surface area contributed by atoms with Crippen molar-refractivity contribution >= 4 is 11.3 Å². The largest absolute Gasteiger partial charge is 0.366 e. The van der Waals surface area contributed by atoms with Gasteiger partial charge >= 0.3 is 0 Å². The van der Waals surface area contributed by atoms with E-state index in [1.165, 1.54) is 0 Å². The predicted molar refractivity (Wildman–Crippen MR) is 78.4 cm³/mol. The lowest BCUT2D eigenvalue weighted by molar-refractivity contribution is 0.520. The fourth-order valence-electron chi connectivity index (χ4n) is 1.90. The van der Waals surface area contributed by atoms with Gasteiger partial charge in [0.25, 0.3) is 0 Å². The molecule has 2 aromatic rings. The molecule has 0 aliphatic carbocycles. The van der Waals surface area contributed by atoms with E-state index in [9.17, 15) is 0 Å². The third-order valence-electron chi connectivity index (χ3n) is 3.59. The van der Waals surface area contributed by atoms with E-state index in [0.717, 1.165) is 17.0 Å². The van der Waals surface area contributed by atoms with Crippen molar-refractivity contribution in [3.05, 3.63) is 24.2 Å². The van der Waals surface area contributed by atoms with Gasteiger partial charge < -0.3 is 11.1 Å². The van der Waals surface area contributed by atoms with E-state index in [4.69, 9.17) is 5.73 Å². The van der Waals surface area contributed by atoms with Crippen LogP contribution in [0.4, 0.5) is 5.82 Å². The van der Waals surface area contributed by atoms with E-state index >= 15 is 0 Å². The molecule has 5 heteroatoms. The Labute approximate surface area is 114 Å². The van der Waals surface area contributed by atoms with Crippen LogP contribution in [-0.4, -0.2) is 27.2 Å². The zero-order valence-corrected chi connectivity index (χ0v) is 12.1. The summed E-state index contributed by atoms with van der Waals surface area (Å²) in [6.45, 7) is 9.20. The summed E-state index contributed by atoms with van der Waals surface area (Å²) < 4.78 is 1.88. The van der Waals surface area contributed by atoms with E-state index in [1.807, 2.05) is 10.7 Å². The molecule has 0 saturated carbocycles. The molecule has 2 unspecified atom stereocenters. The number of aromatic nitrogens is 3. The summed E-state index contributed by atoms with van der Waals surface area (Å²) in [6, 6.07) is 2.38. The van der Waals surface area contributed by atoms with Crippen molar-refractivity contribution in [3.8, 4) is 0 Å². The number of anilines is 1. The topological polar surface area (TPSA) is 68.2 Å². The molecule has 2 heterocycles. The van der Waals surface area contributed by atoms with Crippen LogP contribution in [0.3, 0.4) is 0 Å². The normalized spacial score (nSPS) is 14.8. The highest BCUT2D eigenvalue weighted by atomic mass is 15.2. The molecule has 2 rings (SSSR count). The molecular formula is C14H23N5. The molecule has 2 aromatic heterocycles. The smallest absolute Gasteiger partial charge is 0.152 e. The summed E-state index contributed by atoms with van der Waals surface area (Å²) in [5, 5.41) is 7.99. The highest BCUT2D eigenvalue weighted by Crippen LogP contribution is 2.21. The van der Waals surface area contributed by atoms with Crippen molar-refractivity contribution < 1.29 is 0 Å². The van der Waals surface area contributed by atoms with Crippen LogP contribution >= 0.6 is 0 Å². The lowest BCUT2D eigenvalue weighted by atomic mass is 10.0. The van der Waals surface area contributed by atoms with E-state index < -0.39 is 0 Å². The molecule has 19 heavy (non-hydrogen) atoms. The number of fused-ring (bicyclic) bond motifs is 1. The first-order chi connectivity index (χ1) is 9.02. The number of nitrogens with two attached hydrogens (primary N) is 1. The fourth-order valence-corrected chi connectivity index (χ4v) is 1.90. The van der Waals surface area contributed by atoms with Gasteiger partial charge in [-0.1, -0.05) is 20.8 Å². The minimum atomic E-state index is 0.279. The summed E-state index contributed by atoms with van der Waals surface area (Å²) in [7, 11) is 0. The van der Waals surface area contributed by atoms with Crippen molar-refractivity contribution in [2.45, 2.75) is 39.7 Å². The molecule has 0 bridgehead atoms. The van der Waals surface area contributed by atoms with Gasteiger partial charge in [-0.15, -0.1) is 0 Å². The SMILES string of the molecule is CC(C)c1cc2c(NC(C)C(C)CN)nccn2n1. The molecular weight excluding hydrogens is 238 g/mol. The number of nitrogens with zero attached hydrogens (tertiary/aromatic N) is 3. The second kappa shape index (κ2) is 5.57. The van der Waals surface area contributed by atoms with Crippen LogP contribution in [0.15, 0.2) is 18.5 Å². The van der Waals surface area contributed by atoms with Gasteiger partial charge in [0.15, 0.2) is 5.82 Å². The first-order valence-corrected chi connectivity index (χ1v) is 6.83. The Kier molecular flexibility index (Phi) is 4.04. The van der Waals surface area contributed by atoms with Crippen LogP contribution in [0, 0.1) is 5.92 Å². The third kappa shape index (κ3) is 2.87. The molecule has 0 spiro atoms. The molecule has 104 valence electrons. The second-order valence-electron chi connectivity index (χ2n) is 5.48. The number of rotatable bonds is 5. The zero-order valence-electron chi connectivity index (χ0n) is 12.1. The molecule has 0 radical (unpaired) electrons. The van der Waals surface area contributed by atoms with Crippen LogP contribution in [0.5, 0.6) is 0 Å². The minimum Gasteiger partial charge on any atom is -0.366 e. The highest BCUT2D eigenvalue weighted by molar-refractivity contribution is 5.68. The average molecular weight is 261 g/mol. The van der Waals surface area contributed by atoms with Crippen molar-refractivity contribution in [3.63, 3.8) is 0 Å². The van der Waals surface area contributed by atoms with Crippen molar-refractivity contribution in [1.29, 1.82) is 0 Å². The van der Waals surface area contributed by atoms with Gasteiger partial charge in [-0.3, -0.25) is 0 Å².